The van der Waals surface area contributed by atoms with Gasteiger partial charge in [-0.1, -0.05) is 12.5 Å². The summed E-state index contributed by atoms with van der Waals surface area (Å²) in [7, 11) is 0. The number of ether oxygens (including phenoxy) is 1. The van der Waals surface area contributed by atoms with Gasteiger partial charge in [-0.05, 0) is 62.0 Å². The van der Waals surface area contributed by atoms with E-state index in [0.29, 0.717) is 0 Å². The molecule has 1 saturated carbocycles. The summed E-state index contributed by atoms with van der Waals surface area (Å²) in [5, 5.41) is 6.28. The summed E-state index contributed by atoms with van der Waals surface area (Å²) in [5.74, 6) is 0. The molecule has 0 aromatic heterocycles. The first-order valence-electron chi connectivity index (χ1n) is 8.43. The minimum absolute atomic E-state index is 0.0795. The molecule has 0 radical (unpaired) electrons. The molecule has 2 fully saturated rings. The number of amides is 2. The number of nitrogens with one attached hydrogen (secondary N) is 2. The molecule has 2 N–H and O–H groups in total. The van der Waals surface area contributed by atoms with Crippen LogP contribution in [0.25, 0.3) is 0 Å². The van der Waals surface area contributed by atoms with Crippen molar-refractivity contribution in [1.82, 2.24) is 5.32 Å². The van der Waals surface area contributed by atoms with E-state index in [1.165, 1.54) is 17.7 Å². The number of rotatable bonds is 3. The molecule has 4 nitrogen and oxygen atoms in total. The largest absolute Gasteiger partial charge is 0.381 e. The first-order valence-corrected chi connectivity index (χ1v) is 9.66. The van der Waals surface area contributed by atoms with E-state index in [9.17, 15) is 4.79 Å². The summed E-state index contributed by atoms with van der Waals surface area (Å²) >= 11 is 1.70. The molecule has 1 saturated heterocycles. The van der Waals surface area contributed by atoms with Crippen molar-refractivity contribution >= 4 is 23.5 Å². The SMILES string of the molecule is CSc1cccc(NC(=O)N[C@H]2CCCC23CCOCC3)c1C. The van der Waals surface area contributed by atoms with Crippen LogP contribution in [0.3, 0.4) is 0 Å². The highest BCUT2D eigenvalue weighted by Crippen LogP contribution is 2.46. The fraction of sp³-hybridized carbons (Fsp3) is 0.611. The van der Waals surface area contributed by atoms with Crippen molar-refractivity contribution in [3.8, 4) is 0 Å². The number of carbonyl (C=O) groups is 1. The molecule has 1 atom stereocenters. The molecule has 1 aromatic rings. The third-order valence-corrected chi connectivity index (χ3v) is 6.33. The summed E-state index contributed by atoms with van der Waals surface area (Å²) in [5.41, 5.74) is 2.28. The molecule has 126 valence electrons. The van der Waals surface area contributed by atoms with Gasteiger partial charge >= 0.3 is 6.03 Å². The topological polar surface area (TPSA) is 50.4 Å². The molecule has 1 aromatic carbocycles. The van der Waals surface area contributed by atoms with E-state index in [-0.39, 0.29) is 17.5 Å². The summed E-state index contributed by atoms with van der Waals surface area (Å²) in [4.78, 5) is 13.7. The van der Waals surface area contributed by atoms with Crippen LogP contribution in [-0.4, -0.2) is 31.5 Å². The van der Waals surface area contributed by atoms with Gasteiger partial charge in [-0.25, -0.2) is 4.79 Å². The van der Waals surface area contributed by atoms with E-state index < -0.39 is 0 Å². The van der Waals surface area contributed by atoms with Crippen LogP contribution in [0.4, 0.5) is 10.5 Å². The molecule has 23 heavy (non-hydrogen) atoms. The van der Waals surface area contributed by atoms with Crippen LogP contribution >= 0.6 is 11.8 Å². The number of thioether (sulfide) groups is 1. The second-order valence-corrected chi connectivity index (χ2v) is 7.50. The van der Waals surface area contributed by atoms with E-state index in [1.54, 1.807) is 11.8 Å². The van der Waals surface area contributed by atoms with Crippen molar-refractivity contribution in [2.75, 3.05) is 24.8 Å². The predicted molar refractivity (Wildman–Crippen MR) is 95.2 cm³/mol. The molecule has 3 rings (SSSR count). The highest BCUT2D eigenvalue weighted by Gasteiger charge is 2.44. The van der Waals surface area contributed by atoms with Gasteiger partial charge in [0.1, 0.15) is 0 Å². The Bertz CT molecular complexity index is 570. The maximum atomic E-state index is 12.5. The first kappa shape index (κ1) is 16.7. The lowest BCUT2D eigenvalue weighted by molar-refractivity contribution is 0.00652. The van der Waals surface area contributed by atoms with Gasteiger partial charge < -0.3 is 15.4 Å². The number of urea groups is 1. The van der Waals surface area contributed by atoms with Crippen molar-refractivity contribution in [3.05, 3.63) is 23.8 Å². The van der Waals surface area contributed by atoms with Gasteiger partial charge in [0.05, 0.1) is 0 Å². The Labute approximate surface area is 142 Å². The van der Waals surface area contributed by atoms with Crippen LogP contribution in [0.15, 0.2) is 23.1 Å². The minimum atomic E-state index is -0.0795. The van der Waals surface area contributed by atoms with Gasteiger partial charge in [-0.2, -0.15) is 0 Å². The lowest BCUT2D eigenvalue weighted by Crippen LogP contribution is -2.48. The minimum Gasteiger partial charge on any atom is -0.381 e. The molecule has 5 heteroatoms. The number of carbonyl (C=O) groups excluding carboxylic acids is 1. The lowest BCUT2D eigenvalue weighted by atomic mass is 9.75. The Morgan fingerprint density at radius 2 is 2.09 bits per heavy atom. The highest BCUT2D eigenvalue weighted by atomic mass is 32.2. The van der Waals surface area contributed by atoms with E-state index >= 15 is 0 Å². The second-order valence-electron chi connectivity index (χ2n) is 6.65. The van der Waals surface area contributed by atoms with Crippen LogP contribution < -0.4 is 10.6 Å². The van der Waals surface area contributed by atoms with Crippen LogP contribution in [0.2, 0.25) is 0 Å². The van der Waals surface area contributed by atoms with Gasteiger partial charge in [0.2, 0.25) is 0 Å². The molecule has 0 bridgehead atoms. The summed E-state index contributed by atoms with van der Waals surface area (Å²) < 4.78 is 5.52. The van der Waals surface area contributed by atoms with Crippen molar-refractivity contribution < 1.29 is 9.53 Å². The number of hydrogen-bond acceptors (Lipinski definition) is 3. The van der Waals surface area contributed by atoms with Gasteiger partial charge in [0.15, 0.2) is 0 Å². The molecule has 1 aliphatic carbocycles. The molecule has 1 aliphatic heterocycles. The fourth-order valence-electron chi connectivity index (χ4n) is 4.03. The van der Waals surface area contributed by atoms with E-state index in [2.05, 4.69) is 29.9 Å². The van der Waals surface area contributed by atoms with Crippen LogP contribution in [0, 0.1) is 12.3 Å². The van der Waals surface area contributed by atoms with Crippen molar-refractivity contribution in [3.63, 3.8) is 0 Å². The molecular formula is C18H26N2O2S. The van der Waals surface area contributed by atoms with Crippen molar-refractivity contribution in [1.29, 1.82) is 0 Å². The standard InChI is InChI=1S/C18H26N2O2S/c1-13-14(5-3-6-15(13)23-2)19-17(21)20-16-7-4-8-18(16)9-11-22-12-10-18/h3,5-6,16H,4,7-12H2,1-2H3,(H2,19,20,21)/t16-/m0/s1. The average molecular weight is 334 g/mol. The van der Waals surface area contributed by atoms with Gasteiger partial charge in [0.25, 0.3) is 0 Å². The fourth-order valence-corrected chi connectivity index (χ4v) is 4.66. The van der Waals surface area contributed by atoms with Crippen LogP contribution in [0.5, 0.6) is 0 Å². The summed E-state index contributed by atoms with van der Waals surface area (Å²) in [6.07, 6.45) is 7.68. The zero-order valence-electron chi connectivity index (χ0n) is 14.0. The van der Waals surface area contributed by atoms with Crippen molar-refractivity contribution in [2.45, 2.75) is 50.0 Å². The molecule has 0 unspecified atom stereocenters. The lowest BCUT2D eigenvalue weighted by Gasteiger charge is -2.39. The number of anilines is 1. The second kappa shape index (κ2) is 7.14. The Morgan fingerprint density at radius 3 is 2.83 bits per heavy atom. The maximum Gasteiger partial charge on any atom is 0.319 e. The maximum absolute atomic E-state index is 12.5. The molecule has 2 amide bonds. The van der Waals surface area contributed by atoms with Gasteiger partial charge in [-0.15, -0.1) is 11.8 Å². The number of hydrogen-bond donors (Lipinski definition) is 2. The van der Waals surface area contributed by atoms with E-state index in [0.717, 1.165) is 43.7 Å². The molecular weight excluding hydrogens is 308 g/mol. The van der Waals surface area contributed by atoms with Crippen LogP contribution in [-0.2, 0) is 4.74 Å². The molecule has 1 spiro atoms. The molecule has 2 aliphatic rings. The third-order valence-electron chi connectivity index (χ3n) is 5.45. The Morgan fingerprint density at radius 1 is 1.30 bits per heavy atom. The predicted octanol–water partition coefficient (Wildman–Crippen LogP) is 4.19. The van der Waals surface area contributed by atoms with Gasteiger partial charge in [-0.3, -0.25) is 0 Å². The third kappa shape index (κ3) is 3.50. The summed E-state index contributed by atoms with van der Waals surface area (Å²) in [6.45, 7) is 3.71. The Kier molecular flexibility index (Phi) is 5.17. The zero-order chi connectivity index (χ0) is 16.3. The Hall–Kier alpha value is -1.20. The zero-order valence-corrected chi connectivity index (χ0v) is 14.8. The first-order chi connectivity index (χ1) is 11.1. The monoisotopic (exact) mass is 334 g/mol. The quantitative estimate of drug-likeness (QED) is 0.815. The number of benzene rings is 1. The average Bonchev–Trinajstić information content (AvgIpc) is 2.92. The highest BCUT2D eigenvalue weighted by molar-refractivity contribution is 7.98. The summed E-state index contributed by atoms with van der Waals surface area (Å²) in [6, 6.07) is 6.23. The van der Waals surface area contributed by atoms with Gasteiger partial charge in [0, 0.05) is 29.8 Å². The van der Waals surface area contributed by atoms with Crippen LogP contribution in [0.1, 0.15) is 37.7 Å². The van der Waals surface area contributed by atoms with Crippen molar-refractivity contribution in [2.24, 2.45) is 5.41 Å². The Balaban J connectivity index is 1.65. The smallest absolute Gasteiger partial charge is 0.319 e. The van der Waals surface area contributed by atoms with E-state index in [4.69, 9.17) is 4.74 Å². The molecule has 1 heterocycles. The normalized spacial score (nSPS) is 23.0. The van der Waals surface area contributed by atoms with E-state index in [1.807, 2.05) is 12.1 Å².